The molecule has 4 rings (SSSR count). The lowest BCUT2D eigenvalue weighted by molar-refractivity contribution is 0.0950. The van der Waals surface area contributed by atoms with Crippen LogP contribution in [0.5, 0.6) is 17.4 Å². The van der Waals surface area contributed by atoms with Crippen LogP contribution in [-0.4, -0.2) is 15.9 Å². The second kappa shape index (κ2) is 9.82. The lowest BCUT2D eigenvalue weighted by Gasteiger charge is -2.09. The molecular weight excluding hydrogens is 417 g/mol. The first-order chi connectivity index (χ1) is 15.2. The summed E-state index contributed by atoms with van der Waals surface area (Å²) in [6.07, 6.45) is 1.60. The number of hydrogen-bond donors (Lipinski definition) is 1. The van der Waals surface area contributed by atoms with E-state index in [-0.39, 0.29) is 11.7 Å². The lowest BCUT2D eigenvalue weighted by atomic mass is 10.2. The molecule has 0 fully saturated rings. The first-order valence-corrected chi connectivity index (χ1v) is 10.4. The van der Waals surface area contributed by atoms with Crippen LogP contribution in [0, 0.1) is 5.82 Å². The van der Waals surface area contributed by atoms with Crippen molar-refractivity contribution in [1.29, 1.82) is 0 Å². The van der Waals surface area contributed by atoms with Gasteiger partial charge in [0.25, 0.3) is 5.91 Å². The van der Waals surface area contributed by atoms with Gasteiger partial charge in [0, 0.05) is 35.8 Å². The van der Waals surface area contributed by atoms with Crippen LogP contribution in [-0.2, 0) is 13.2 Å². The average molecular weight is 435 g/mol. The second-order valence-corrected chi connectivity index (χ2v) is 7.26. The number of pyridine rings is 1. The maximum Gasteiger partial charge on any atom is 0.251 e. The lowest BCUT2D eigenvalue weighted by Crippen LogP contribution is -2.22. The predicted molar refractivity (Wildman–Crippen MR) is 115 cm³/mol. The van der Waals surface area contributed by atoms with E-state index in [4.69, 9.17) is 9.47 Å². The van der Waals surface area contributed by atoms with Gasteiger partial charge in [-0.05, 0) is 35.9 Å². The molecule has 8 heteroatoms. The summed E-state index contributed by atoms with van der Waals surface area (Å²) in [5, 5.41) is 4.77. The van der Waals surface area contributed by atoms with Crippen molar-refractivity contribution < 1.29 is 18.7 Å². The minimum absolute atomic E-state index is 0.223. The number of ether oxygens (including phenoxy) is 2. The van der Waals surface area contributed by atoms with Crippen molar-refractivity contribution in [3.8, 4) is 17.4 Å². The number of rotatable bonds is 8. The number of halogens is 1. The van der Waals surface area contributed by atoms with Gasteiger partial charge in [0.1, 0.15) is 23.9 Å². The van der Waals surface area contributed by atoms with Crippen molar-refractivity contribution in [2.24, 2.45) is 0 Å². The summed E-state index contributed by atoms with van der Waals surface area (Å²) in [5.41, 5.74) is 3.89. The Balaban J connectivity index is 1.30. The SMILES string of the molecule is O=C(NCc1ccc(Oc2cccc(F)c2)nc1)c1cccc(OCc2cscn2)c1. The first-order valence-electron chi connectivity index (χ1n) is 9.42. The van der Waals surface area contributed by atoms with Gasteiger partial charge >= 0.3 is 0 Å². The first kappa shape index (κ1) is 20.5. The molecule has 0 atom stereocenters. The fourth-order valence-corrected chi connectivity index (χ4v) is 3.25. The Bertz CT molecular complexity index is 1150. The Labute approximate surface area is 182 Å². The summed E-state index contributed by atoms with van der Waals surface area (Å²) < 4.78 is 24.4. The van der Waals surface area contributed by atoms with E-state index < -0.39 is 0 Å². The maximum absolute atomic E-state index is 13.2. The molecule has 156 valence electrons. The van der Waals surface area contributed by atoms with Crippen LogP contribution in [0.25, 0.3) is 0 Å². The number of amides is 1. The fourth-order valence-electron chi connectivity index (χ4n) is 2.70. The Kier molecular flexibility index (Phi) is 6.49. The third-order valence-electron chi connectivity index (χ3n) is 4.24. The molecule has 0 bridgehead atoms. The fraction of sp³-hybridized carbons (Fsp3) is 0.0870. The third-order valence-corrected chi connectivity index (χ3v) is 4.87. The van der Waals surface area contributed by atoms with Crippen molar-refractivity contribution in [3.05, 3.63) is 100 Å². The summed E-state index contributed by atoms with van der Waals surface area (Å²) >= 11 is 1.51. The van der Waals surface area contributed by atoms with Crippen molar-refractivity contribution in [3.63, 3.8) is 0 Å². The van der Waals surface area contributed by atoms with E-state index in [1.165, 1.54) is 23.5 Å². The minimum Gasteiger partial charge on any atom is -0.487 e. The summed E-state index contributed by atoms with van der Waals surface area (Å²) in [6.45, 7) is 0.653. The largest absolute Gasteiger partial charge is 0.487 e. The predicted octanol–water partition coefficient (Wildman–Crippen LogP) is 4.98. The molecule has 2 aromatic heterocycles. The average Bonchev–Trinajstić information content (AvgIpc) is 3.31. The molecule has 1 amide bonds. The van der Waals surface area contributed by atoms with Crippen molar-refractivity contribution in [1.82, 2.24) is 15.3 Å². The Morgan fingerprint density at radius 2 is 1.90 bits per heavy atom. The molecule has 0 aliphatic heterocycles. The van der Waals surface area contributed by atoms with E-state index in [0.29, 0.717) is 36.1 Å². The van der Waals surface area contributed by atoms with Gasteiger partial charge in [-0.1, -0.05) is 18.2 Å². The van der Waals surface area contributed by atoms with Crippen LogP contribution in [0.3, 0.4) is 0 Å². The Morgan fingerprint density at radius 1 is 1.03 bits per heavy atom. The molecule has 0 saturated heterocycles. The third kappa shape index (κ3) is 5.86. The Morgan fingerprint density at radius 3 is 2.68 bits per heavy atom. The molecule has 2 heterocycles. The zero-order valence-electron chi connectivity index (χ0n) is 16.3. The normalized spacial score (nSPS) is 10.5. The van der Waals surface area contributed by atoms with Gasteiger partial charge in [0.2, 0.25) is 5.88 Å². The van der Waals surface area contributed by atoms with Gasteiger partial charge in [-0.2, -0.15) is 0 Å². The number of carbonyl (C=O) groups excluding carboxylic acids is 1. The van der Waals surface area contributed by atoms with E-state index in [1.807, 2.05) is 5.38 Å². The molecule has 6 nitrogen and oxygen atoms in total. The number of thiazole rings is 1. The van der Waals surface area contributed by atoms with Crippen molar-refractivity contribution >= 4 is 17.2 Å². The van der Waals surface area contributed by atoms with Crippen LogP contribution < -0.4 is 14.8 Å². The molecule has 0 spiro atoms. The molecular formula is C23H18FN3O3S. The number of carbonyl (C=O) groups is 1. The quantitative estimate of drug-likeness (QED) is 0.423. The number of aromatic nitrogens is 2. The highest BCUT2D eigenvalue weighted by Gasteiger charge is 2.08. The molecule has 0 radical (unpaired) electrons. The van der Waals surface area contributed by atoms with Gasteiger partial charge in [-0.15, -0.1) is 11.3 Å². The smallest absolute Gasteiger partial charge is 0.251 e. The summed E-state index contributed by atoms with van der Waals surface area (Å²) in [5.74, 6) is 0.700. The summed E-state index contributed by atoms with van der Waals surface area (Å²) in [4.78, 5) is 20.8. The zero-order chi connectivity index (χ0) is 21.5. The van der Waals surface area contributed by atoms with E-state index >= 15 is 0 Å². The van der Waals surface area contributed by atoms with Crippen LogP contribution in [0.2, 0.25) is 0 Å². The van der Waals surface area contributed by atoms with E-state index in [1.54, 1.807) is 60.2 Å². The van der Waals surface area contributed by atoms with Crippen molar-refractivity contribution in [2.45, 2.75) is 13.2 Å². The molecule has 0 saturated carbocycles. The van der Waals surface area contributed by atoms with E-state index in [2.05, 4.69) is 15.3 Å². The van der Waals surface area contributed by atoms with Crippen molar-refractivity contribution in [2.75, 3.05) is 0 Å². The van der Waals surface area contributed by atoms with Crippen LogP contribution >= 0.6 is 11.3 Å². The van der Waals surface area contributed by atoms with Crippen LogP contribution in [0.15, 0.2) is 77.8 Å². The van der Waals surface area contributed by atoms with Gasteiger partial charge in [-0.3, -0.25) is 4.79 Å². The van der Waals surface area contributed by atoms with E-state index in [9.17, 15) is 9.18 Å². The standard InChI is InChI=1S/C23H18FN3O3S/c24-18-4-2-6-21(10-18)30-22-8-7-16(11-25-22)12-26-23(28)17-3-1-5-20(9-17)29-13-19-14-31-15-27-19/h1-11,14-15H,12-13H2,(H,26,28). The van der Waals surface area contributed by atoms with Gasteiger partial charge in [-0.25, -0.2) is 14.4 Å². The topological polar surface area (TPSA) is 73.3 Å². The number of nitrogens with one attached hydrogen (secondary N) is 1. The molecule has 0 aliphatic rings. The molecule has 0 unspecified atom stereocenters. The highest BCUT2D eigenvalue weighted by molar-refractivity contribution is 7.07. The van der Waals surface area contributed by atoms with E-state index in [0.717, 1.165) is 11.3 Å². The molecule has 31 heavy (non-hydrogen) atoms. The summed E-state index contributed by atoms with van der Waals surface area (Å²) in [6, 6.07) is 16.3. The number of hydrogen-bond acceptors (Lipinski definition) is 6. The Hall–Kier alpha value is -3.78. The summed E-state index contributed by atoms with van der Waals surface area (Å²) in [7, 11) is 0. The second-order valence-electron chi connectivity index (χ2n) is 6.54. The monoisotopic (exact) mass is 435 g/mol. The highest BCUT2D eigenvalue weighted by Crippen LogP contribution is 2.20. The molecule has 2 aromatic carbocycles. The molecule has 0 aliphatic carbocycles. The van der Waals surface area contributed by atoms with Gasteiger partial charge < -0.3 is 14.8 Å². The highest BCUT2D eigenvalue weighted by atomic mass is 32.1. The van der Waals surface area contributed by atoms with Crippen LogP contribution in [0.4, 0.5) is 4.39 Å². The minimum atomic E-state index is -0.380. The zero-order valence-corrected chi connectivity index (χ0v) is 17.1. The molecule has 4 aromatic rings. The van der Waals surface area contributed by atoms with Gasteiger partial charge in [0.05, 0.1) is 11.2 Å². The number of nitrogens with zero attached hydrogens (tertiary/aromatic N) is 2. The van der Waals surface area contributed by atoms with Crippen LogP contribution in [0.1, 0.15) is 21.6 Å². The maximum atomic E-state index is 13.2. The number of benzene rings is 2. The van der Waals surface area contributed by atoms with Gasteiger partial charge in [0.15, 0.2) is 0 Å². The molecule has 1 N–H and O–H groups in total.